The van der Waals surface area contributed by atoms with E-state index < -0.39 is 22.7 Å². The number of benzene rings is 2. The van der Waals surface area contributed by atoms with E-state index in [9.17, 15) is 14.0 Å². The van der Waals surface area contributed by atoms with E-state index in [0.29, 0.717) is 28.3 Å². The van der Waals surface area contributed by atoms with Gasteiger partial charge in [-0.25, -0.2) is 4.39 Å². The van der Waals surface area contributed by atoms with Crippen molar-refractivity contribution < 1.29 is 14.0 Å². The van der Waals surface area contributed by atoms with Crippen LogP contribution in [0.2, 0.25) is 5.02 Å². The van der Waals surface area contributed by atoms with Crippen LogP contribution >= 0.6 is 23.4 Å². The van der Waals surface area contributed by atoms with Gasteiger partial charge in [0.25, 0.3) is 11.8 Å². The van der Waals surface area contributed by atoms with E-state index >= 15 is 0 Å². The Labute approximate surface area is 188 Å². The fourth-order valence-corrected chi connectivity index (χ4v) is 6.07. The van der Waals surface area contributed by atoms with Crippen molar-refractivity contribution in [3.63, 3.8) is 0 Å². The number of carbonyl (C=O) groups excluding carboxylic acids is 2. The molecule has 0 saturated heterocycles. The summed E-state index contributed by atoms with van der Waals surface area (Å²) in [5.41, 5.74) is 7.46. The van der Waals surface area contributed by atoms with E-state index in [1.807, 2.05) is 38.1 Å². The molecule has 3 aliphatic heterocycles. The normalized spacial score (nSPS) is 26.4. The summed E-state index contributed by atoms with van der Waals surface area (Å²) in [4.78, 5) is 31.6. The Morgan fingerprint density at radius 1 is 1.16 bits per heavy atom. The average molecular weight is 456 g/mol. The molecule has 0 bridgehead atoms. The van der Waals surface area contributed by atoms with E-state index in [1.54, 1.807) is 4.90 Å². The van der Waals surface area contributed by atoms with Gasteiger partial charge in [-0.2, -0.15) is 4.99 Å². The molecule has 0 aliphatic carbocycles. The lowest BCUT2D eigenvalue weighted by molar-refractivity contribution is -0.115. The zero-order chi connectivity index (χ0) is 22.3. The second-order valence-electron chi connectivity index (χ2n) is 8.88. The van der Waals surface area contributed by atoms with Crippen molar-refractivity contribution in [1.29, 1.82) is 0 Å². The fraction of sp³-hybridized carbons (Fsp3) is 0.261. The van der Waals surface area contributed by atoms with Crippen LogP contribution in [0.15, 0.2) is 46.3 Å². The molecule has 158 valence electrons. The van der Waals surface area contributed by atoms with Crippen molar-refractivity contribution in [2.45, 2.75) is 38.1 Å². The number of hydrogen-bond acceptors (Lipinski definition) is 4. The van der Waals surface area contributed by atoms with Crippen molar-refractivity contribution in [3.8, 4) is 0 Å². The summed E-state index contributed by atoms with van der Waals surface area (Å²) in [6, 6.07) is 10.3. The standard InChI is InChI=1S/C23H19ClFN3O2S/c1-22(2)10-23(3,11-4-6-12(24)7-5-11)15-9-13(25)8-14-16(20(30)28(22)17(14)15)18-19(29)27-21(26)31-18/h4-9H,10H2,1-3H3,(H2,26,27,29)/b18-16-. The third kappa shape index (κ3) is 2.79. The van der Waals surface area contributed by atoms with Crippen LogP contribution in [0.3, 0.4) is 0 Å². The first-order valence-electron chi connectivity index (χ1n) is 9.78. The molecule has 5 rings (SSSR count). The summed E-state index contributed by atoms with van der Waals surface area (Å²) in [6.45, 7) is 6.02. The van der Waals surface area contributed by atoms with Gasteiger partial charge in [0.05, 0.1) is 16.2 Å². The van der Waals surface area contributed by atoms with Crippen LogP contribution in [0.1, 0.15) is 43.9 Å². The maximum atomic E-state index is 14.9. The first-order chi connectivity index (χ1) is 14.5. The topological polar surface area (TPSA) is 75.8 Å². The lowest BCUT2D eigenvalue weighted by Crippen LogP contribution is -2.54. The molecule has 2 amide bonds. The summed E-state index contributed by atoms with van der Waals surface area (Å²) in [6.07, 6.45) is 0.561. The Kier molecular flexibility index (Phi) is 4.21. The lowest BCUT2D eigenvalue weighted by atomic mass is 9.65. The predicted octanol–water partition coefficient (Wildman–Crippen LogP) is 4.61. The lowest BCUT2D eigenvalue weighted by Gasteiger charge is -2.49. The highest BCUT2D eigenvalue weighted by Crippen LogP contribution is 2.57. The van der Waals surface area contributed by atoms with Crippen molar-refractivity contribution in [2.24, 2.45) is 10.7 Å². The Morgan fingerprint density at radius 3 is 2.45 bits per heavy atom. The summed E-state index contributed by atoms with van der Waals surface area (Å²) >= 11 is 7.05. The molecule has 2 N–H and O–H groups in total. The number of halogens is 2. The molecule has 0 spiro atoms. The van der Waals surface area contributed by atoms with Crippen molar-refractivity contribution >= 4 is 51.6 Å². The molecule has 5 nitrogen and oxygen atoms in total. The summed E-state index contributed by atoms with van der Waals surface area (Å²) in [5.74, 6) is -1.36. The van der Waals surface area contributed by atoms with Gasteiger partial charge < -0.3 is 10.6 Å². The van der Waals surface area contributed by atoms with Gasteiger partial charge in [0, 0.05) is 21.5 Å². The van der Waals surface area contributed by atoms with Crippen molar-refractivity contribution in [2.75, 3.05) is 4.90 Å². The number of rotatable bonds is 1. The minimum absolute atomic E-state index is 0.0806. The van der Waals surface area contributed by atoms with Gasteiger partial charge in [-0.05, 0) is 67.4 Å². The largest absolute Gasteiger partial charge is 0.378 e. The average Bonchev–Trinajstić information content (AvgIpc) is 3.15. The Morgan fingerprint density at radius 2 is 1.84 bits per heavy atom. The summed E-state index contributed by atoms with van der Waals surface area (Å²) < 4.78 is 14.9. The van der Waals surface area contributed by atoms with Crippen molar-refractivity contribution in [3.05, 3.63) is 68.8 Å². The highest BCUT2D eigenvalue weighted by molar-refractivity contribution is 8.18. The zero-order valence-electron chi connectivity index (χ0n) is 17.1. The van der Waals surface area contributed by atoms with Crippen LogP contribution < -0.4 is 10.6 Å². The summed E-state index contributed by atoms with van der Waals surface area (Å²) in [7, 11) is 0. The number of anilines is 1. The molecule has 2 aromatic carbocycles. The molecule has 2 aromatic rings. The maximum absolute atomic E-state index is 14.9. The number of aliphatic imine (C=N–C) groups is 1. The van der Waals surface area contributed by atoms with Gasteiger partial charge in [-0.1, -0.05) is 30.7 Å². The van der Waals surface area contributed by atoms with Gasteiger partial charge in [-0.15, -0.1) is 0 Å². The Hall–Kier alpha value is -2.64. The number of nitrogens with zero attached hydrogens (tertiary/aromatic N) is 2. The Balaban J connectivity index is 1.83. The highest BCUT2D eigenvalue weighted by Gasteiger charge is 2.54. The minimum atomic E-state index is -0.591. The minimum Gasteiger partial charge on any atom is -0.378 e. The Bertz CT molecular complexity index is 1250. The molecule has 0 saturated carbocycles. The third-order valence-corrected chi connectivity index (χ3v) is 7.43. The van der Waals surface area contributed by atoms with Crippen LogP contribution in [0.5, 0.6) is 0 Å². The first kappa shape index (κ1) is 20.3. The second kappa shape index (κ2) is 6.43. The number of amides is 2. The molecule has 1 atom stereocenters. The number of hydrogen-bond donors (Lipinski definition) is 1. The van der Waals surface area contributed by atoms with Crippen LogP contribution in [0, 0.1) is 5.82 Å². The summed E-state index contributed by atoms with van der Waals surface area (Å²) in [5, 5.41) is 0.696. The molecular weight excluding hydrogens is 437 g/mol. The number of carbonyl (C=O) groups is 2. The van der Waals surface area contributed by atoms with Crippen molar-refractivity contribution in [1.82, 2.24) is 0 Å². The van der Waals surface area contributed by atoms with Gasteiger partial charge in [0.15, 0.2) is 5.17 Å². The molecule has 8 heteroatoms. The maximum Gasteiger partial charge on any atom is 0.287 e. The molecule has 1 unspecified atom stereocenters. The molecule has 3 heterocycles. The van der Waals surface area contributed by atoms with Crippen LogP contribution in [0.4, 0.5) is 10.1 Å². The number of thioether (sulfide) groups is 1. The van der Waals surface area contributed by atoms with Gasteiger partial charge in [0.2, 0.25) is 0 Å². The van der Waals surface area contributed by atoms with E-state index in [2.05, 4.69) is 11.9 Å². The smallest absolute Gasteiger partial charge is 0.287 e. The quantitative estimate of drug-likeness (QED) is 0.637. The van der Waals surface area contributed by atoms with Gasteiger partial charge in [0.1, 0.15) is 5.82 Å². The van der Waals surface area contributed by atoms with E-state index in [0.717, 1.165) is 17.3 Å². The van der Waals surface area contributed by atoms with Crippen LogP contribution in [-0.4, -0.2) is 22.5 Å². The molecule has 31 heavy (non-hydrogen) atoms. The van der Waals surface area contributed by atoms with Crippen LogP contribution in [-0.2, 0) is 15.0 Å². The zero-order valence-corrected chi connectivity index (χ0v) is 18.7. The fourth-order valence-electron chi connectivity index (χ4n) is 5.17. The molecule has 3 aliphatic rings. The van der Waals surface area contributed by atoms with E-state index in [4.69, 9.17) is 17.3 Å². The highest BCUT2D eigenvalue weighted by atomic mass is 35.5. The molecular formula is C23H19ClFN3O2S. The molecule has 0 fully saturated rings. The first-order valence-corrected chi connectivity index (χ1v) is 11.0. The number of amidine groups is 1. The monoisotopic (exact) mass is 455 g/mol. The second-order valence-corrected chi connectivity index (χ2v) is 10.3. The predicted molar refractivity (Wildman–Crippen MR) is 122 cm³/mol. The van der Waals surface area contributed by atoms with Crippen LogP contribution in [0.25, 0.3) is 5.57 Å². The van der Waals surface area contributed by atoms with Gasteiger partial charge in [-0.3, -0.25) is 9.59 Å². The SMILES string of the molecule is CC1(c2ccc(Cl)cc2)CC(C)(C)N2C(=O)/C(=C3\SC(N)=NC3=O)c3cc(F)cc1c32. The third-order valence-electron chi connectivity index (χ3n) is 6.29. The van der Waals surface area contributed by atoms with E-state index in [-0.39, 0.29) is 21.6 Å². The van der Waals surface area contributed by atoms with Gasteiger partial charge >= 0.3 is 0 Å². The number of nitrogens with two attached hydrogens (primary N) is 1. The molecule has 0 radical (unpaired) electrons. The van der Waals surface area contributed by atoms with E-state index in [1.165, 1.54) is 12.1 Å². The molecule has 0 aromatic heterocycles.